The largest absolute Gasteiger partial charge is 0.317 e. The quantitative estimate of drug-likeness (QED) is 0.412. The standard InChI is InChI=1S/C14H22IN/c15-11-5-2-6-12-16-13-7-10-14-8-3-1-4-9-14/h1,3-4,8-9,16H,2,5-7,10-13H2. The minimum atomic E-state index is 1.15. The average molecular weight is 331 g/mol. The number of aryl methyl sites for hydroxylation is 1. The maximum atomic E-state index is 3.51. The zero-order chi connectivity index (χ0) is 11.5. The molecule has 0 unspecified atom stereocenters. The number of unbranched alkanes of at least 4 members (excludes halogenated alkanes) is 2. The van der Waals surface area contributed by atoms with Crippen molar-refractivity contribution in [3.63, 3.8) is 0 Å². The van der Waals surface area contributed by atoms with E-state index >= 15 is 0 Å². The van der Waals surface area contributed by atoms with E-state index in [0.717, 1.165) is 6.54 Å². The van der Waals surface area contributed by atoms with Crippen LogP contribution in [0.15, 0.2) is 30.3 Å². The molecule has 0 saturated carbocycles. The fourth-order valence-electron chi connectivity index (χ4n) is 1.71. The van der Waals surface area contributed by atoms with Crippen molar-refractivity contribution in [3.8, 4) is 0 Å². The highest BCUT2D eigenvalue weighted by molar-refractivity contribution is 14.1. The van der Waals surface area contributed by atoms with Crippen LogP contribution < -0.4 is 5.32 Å². The Morgan fingerprint density at radius 2 is 1.62 bits per heavy atom. The van der Waals surface area contributed by atoms with Crippen LogP contribution in [0.5, 0.6) is 0 Å². The average Bonchev–Trinajstić information content (AvgIpc) is 2.34. The van der Waals surface area contributed by atoms with Gasteiger partial charge in [-0.2, -0.15) is 0 Å². The van der Waals surface area contributed by atoms with Crippen molar-refractivity contribution in [2.75, 3.05) is 17.5 Å². The zero-order valence-corrected chi connectivity index (χ0v) is 12.1. The lowest BCUT2D eigenvalue weighted by Crippen LogP contribution is -2.17. The Bertz CT molecular complexity index is 248. The summed E-state index contributed by atoms with van der Waals surface area (Å²) in [5.41, 5.74) is 1.45. The van der Waals surface area contributed by atoms with Gasteiger partial charge in [0.25, 0.3) is 0 Å². The maximum absolute atomic E-state index is 3.51. The number of nitrogens with one attached hydrogen (secondary N) is 1. The highest BCUT2D eigenvalue weighted by atomic mass is 127. The van der Waals surface area contributed by atoms with Gasteiger partial charge >= 0.3 is 0 Å². The van der Waals surface area contributed by atoms with Gasteiger partial charge < -0.3 is 5.32 Å². The lowest BCUT2D eigenvalue weighted by Gasteiger charge is -2.04. The van der Waals surface area contributed by atoms with Crippen molar-refractivity contribution < 1.29 is 0 Å². The van der Waals surface area contributed by atoms with Gasteiger partial charge in [0.2, 0.25) is 0 Å². The fourth-order valence-corrected chi connectivity index (χ4v) is 2.25. The predicted molar refractivity (Wildman–Crippen MR) is 80.4 cm³/mol. The summed E-state index contributed by atoms with van der Waals surface area (Å²) in [6.07, 6.45) is 6.51. The van der Waals surface area contributed by atoms with E-state index in [2.05, 4.69) is 58.2 Å². The topological polar surface area (TPSA) is 12.0 Å². The van der Waals surface area contributed by atoms with E-state index < -0.39 is 0 Å². The van der Waals surface area contributed by atoms with Crippen LogP contribution in [0.3, 0.4) is 0 Å². The van der Waals surface area contributed by atoms with E-state index in [9.17, 15) is 0 Å². The molecule has 0 saturated heterocycles. The molecule has 0 aliphatic rings. The van der Waals surface area contributed by atoms with Crippen molar-refractivity contribution in [2.24, 2.45) is 0 Å². The molecule has 2 heteroatoms. The molecule has 1 rings (SSSR count). The first-order valence-corrected chi connectivity index (χ1v) is 7.76. The molecule has 90 valence electrons. The number of halogens is 1. The SMILES string of the molecule is ICCCCCNCCCc1ccccc1. The smallest absolute Gasteiger partial charge is 0.000472 e. The molecule has 0 heterocycles. The van der Waals surface area contributed by atoms with Crippen LogP contribution in [0.25, 0.3) is 0 Å². The molecule has 0 aromatic heterocycles. The predicted octanol–water partition coefficient (Wildman–Crippen LogP) is 3.81. The number of hydrogen-bond acceptors (Lipinski definition) is 1. The first kappa shape index (κ1) is 14.0. The summed E-state index contributed by atoms with van der Waals surface area (Å²) in [4.78, 5) is 0. The van der Waals surface area contributed by atoms with Gasteiger partial charge in [0, 0.05) is 0 Å². The molecule has 0 aliphatic heterocycles. The summed E-state index contributed by atoms with van der Waals surface area (Å²) in [5.74, 6) is 0. The van der Waals surface area contributed by atoms with Gasteiger partial charge in [-0.1, -0.05) is 59.3 Å². The van der Waals surface area contributed by atoms with E-state index in [1.165, 1.54) is 48.6 Å². The van der Waals surface area contributed by atoms with E-state index in [1.54, 1.807) is 0 Å². The summed E-state index contributed by atoms with van der Waals surface area (Å²) in [7, 11) is 0. The van der Waals surface area contributed by atoms with Gasteiger partial charge in [-0.15, -0.1) is 0 Å². The molecule has 1 nitrogen and oxygen atoms in total. The lowest BCUT2D eigenvalue weighted by atomic mass is 10.1. The Labute approximate surface area is 113 Å². The van der Waals surface area contributed by atoms with Crippen molar-refractivity contribution in [2.45, 2.75) is 32.1 Å². The molecule has 1 N–H and O–H groups in total. The van der Waals surface area contributed by atoms with Gasteiger partial charge in [-0.3, -0.25) is 0 Å². The van der Waals surface area contributed by atoms with Gasteiger partial charge in [0.1, 0.15) is 0 Å². The monoisotopic (exact) mass is 331 g/mol. The van der Waals surface area contributed by atoms with Crippen LogP contribution in [0.1, 0.15) is 31.2 Å². The number of rotatable bonds is 9. The molecular formula is C14H22IN. The highest BCUT2D eigenvalue weighted by Crippen LogP contribution is 2.01. The Morgan fingerprint density at radius 3 is 2.38 bits per heavy atom. The van der Waals surface area contributed by atoms with Crippen LogP contribution in [-0.4, -0.2) is 17.5 Å². The molecule has 1 aromatic rings. The van der Waals surface area contributed by atoms with Crippen LogP contribution in [0.2, 0.25) is 0 Å². The summed E-state index contributed by atoms with van der Waals surface area (Å²) < 4.78 is 1.30. The molecule has 1 aromatic carbocycles. The molecular weight excluding hydrogens is 309 g/mol. The Morgan fingerprint density at radius 1 is 0.875 bits per heavy atom. The second kappa shape index (κ2) is 10.1. The van der Waals surface area contributed by atoms with Gasteiger partial charge in [-0.05, 0) is 48.8 Å². The van der Waals surface area contributed by atoms with Crippen molar-refractivity contribution in [3.05, 3.63) is 35.9 Å². The lowest BCUT2D eigenvalue weighted by molar-refractivity contribution is 0.601. The van der Waals surface area contributed by atoms with Crippen molar-refractivity contribution >= 4 is 22.6 Å². The van der Waals surface area contributed by atoms with Crippen molar-refractivity contribution in [1.82, 2.24) is 5.32 Å². The minimum absolute atomic E-state index is 1.15. The third-order valence-corrected chi connectivity index (χ3v) is 3.41. The van der Waals surface area contributed by atoms with Crippen LogP contribution in [-0.2, 0) is 6.42 Å². The molecule has 16 heavy (non-hydrogen) atoms. The molecule has 0 amide bonds. The Hall–Kier alpha value is -0.0900. The van der Waals surface area contributed by atoms with Crippen LogP contribution in [0, 0.1) is 0 Å². The summed E-state index contributed by atoms with van der Waals surface area (Å²) in [6, 6.07) is 10.7. The Balaban J connectivity index is 1.89. The van der Waals surface area contributed by atoms with Crippen molar-refractivity contribution in [1.29, 1.82) is 0 Å². The van der Waals surface area contributed by atoms with E-state index in [4.69, 9.17) is 0 Å². The molecule has 0 spiro atoms. The van der Waals surface area contributed by atoms with Gasteiger partial charge in [0.05, 0.1) is 0 Å². The number of benzene rings is 1. The molecule has 0 fully saturated rings. The normalized spacial score (nSPS) is 10.6. The van der Waals surface area contributed by atoms with Crippen LogP contribution in [0.4, 0.5) is 0 Å². The number of alkyl halides is 1. The minimum Gasteiger partial charge on any atom is -0.317 e. The van der Waals surface area contributed by atoms with E-state index in [0.29, 0.717) is 0 Å². The summed E-state index contributed by atoms with van der Waals surface area (Å²) in [5, 5.41) is 3.51. The summed E-state index contributed by atoms with van der Waals surface area (Å²) >= 11 is 2.45. The first-order valence-electron chi connectivity index (χ1n) is 6.24. The third kappa shape index (κ3) is 7.23. The Kier molecular flexibility index (Phi) is 8.81. The molecule has 0 bridgehead atoms. The molecule has 0 aliphatic carbocycles. The zero-order valence-electron chi connectivity index (χ0n) is 9.92. The highest BCUT2D eigenvalue weighted by Gasteiger charge is 1.92. The molecule has 0 radical (unpaired) electrons. The van der Waals surface area contributed by atoms with Gasteiger partial charge in [0.15, 0.2) is 0 Å². The molecule has 0 atom stereocenters. The number of hydrogen-bond donors (Lipinski definition) is 1. The van der Waals surface area contributed by atoms with E-state index in [-0.39, 0.29) is 0 Å². The maximum Gasteiger partial charge on any atom is -0.000472 e. The fraction of sp³-hybridized carbons (Fsp3) is 0.571. The summed E-state index contributed by atoms with van der Waals surface area (Å²) in [6.45, 7) is 2.34. The third-order valence-electron chi connectivity index (χ3n) is 2.65. The van der Waals surface area contributed by atoms with Gasteiger partial charge in [-0.25, -0.2) is 0 Å². The van der Waals surface area contributed by atoms with Crippen LogP contribution >= 0.6 is 22.6 Å². The second-order valence-electron chi connectivity index (χ2n) is 4.09. The first-order chi connectivity index (χ1) is 7.93. The second-order valence-corrected chi connectivity index (χ2v) is 5.17. The van der Waals surface area contributed by atoms with E-state index in [1.807, 2.05) is 0 Å².